The molecule has 0 heterocycles. The summed E-state index contributed by atoms with van der Waals surface area (Å²) in [5.41, 5.74) is 4.73. The van der Waals surface area contributed by atoms with Gasteiger partial charge in [0, 0.05) is 11.0 Å². The SMILES string of the molecule is NC(=O)OCCNS(=O)(=O)c1c(Cl)cc(Br)cc1Cl. The number of rotatable bonds is 5. The van der Waals surface area contributed by atoms with Gasteiger partial charge in [-0.05, 0) is 12.1 Å². The van der Waals surface area contributed by atoms with E-state index >= 15 is 0 Å². The fourth-order valence-electron chi connectivity index (χ4n) is 1.19. The van der Waals surface area contributed by atoms with Crippen LogP contribution in [0.4, 0.5) is 4.79 Å². The predicted octanol–water partition coefficient (Wildman–Crippen LogP) is 2.13. The molecular weight excluding hydrogens is 383 g/mol. The van der Waals surface area contributed by atoms with Crippen LogP contribution in [0.25, 0.3) is 0 Å². The maximum Gasteiger partial charge on any atom is 0.404 e. The van der Waals surface area contributed by atoms with Crippen LogP contribution in [0.3, 0.4) is 0 Å². The summed E-state index contributed by atoms with van der Waals surface area (Å²) in [7, 11) is -3.90. The van der Waals surface area contributed by atoms with Crippen LogP contribution in [0, 0.1) is 0 Å². The predicted molar refractivity (Wildman–Crippen MR) is 74.9 cm³/mol. The molecule has 0 saturated heterocycles. The van der Waals surface area contributed by atoms with Crippen LogP contribution in [-0.4, -0.2) is 27.7 Å². The second-order valence-corrected chi connectivity index (χ2v) is 6.70. The third kappa shape index (κ3) is 4.81. The van der Waals surface area contributed by atoms with Gasteiger partial charge in [-0.2, -0.15) is 0 Å². The molecule has 0 saturated carbocycles. The van der Waals surface area contributed by atoms with Crippen molar-refractivity contribution in [1.29, 1.82) is 0 Å². The second-order valence-electron chi connectivity index (χ2n) is 3.26. The molecular formula is C9H9BrCl2N2O4S. The monoisotopic (exact) mass is 390 g/mol. The number of hydrogen-bond acceptors (Lipinski definition) is 4. The normalized spacial score (nSPS) is 11.3. The Bertz CT molecular complexity index is 571. The molecule has 6 nitrogen and oxygen atoms in total. The molecule has 106 valence electrons. The van der Waals surface area contributed by atoms with Crippen LogP contribution in [0.1, 0.15) is 0 Å². The molecule has 0 atom stereocenters. The fraction of sp³-hybridized carbons (Fsp3) is 0.222. The average Bonchev–Trinajstić information content (AvgIpc) is 2.22. The van der Waals surface area contributed by atoms with Crippen LogP contribution >= 0.6 is 39.1 Å². The van der Waals surface area contributed by atoms with Crippen molar-refractivity contribution in [3.8, 4) is 0 Å². The maximum atomic E-state index is 12.0. The summed E-state index contributed by atoms with van der Waals surface area (Å²) in [5, 5.41) is -0.0506. The van der Waals surface area contributed by atoms with E-state index in [1.807, 2.05) is 0 Å². The van der Waals surface area contributed by atoms with E-state index in [1.54, 1.807) is 0 Å². The summed E-state index contributed by atoms with van der Waals surface area (Å²) in [6.07, 6.45) is -0.987. The van der Waals surface area contributed by atoms with Crippen molar-refractivity contribution in [3.63, 3.8) is 0 Å². The highest BCUT2D eigenvalue weighted by Gasteiger charge is 2.22. The Morgan fingerprint density at radius 1 is 1.37 bits per heavy atom. The first-order valence-corrected chi connectivity index (χ1v) is 7.83. The number of carbonyl (C=O) groups is 1. The van der Waals surface area contributed by atoms with Gasteiger partial charge < -0.3 is 10.5 Å². The molecule has 10 heteroatoms. The molecule has 1 aromatic carbocycles. The van der Waals surface area contributed by atoms with Crippen LogP contribution < -0.4 is 10.5 Å². The number of halogens is 3. The summed E-state index contributed by atoms with van der Waals surface area (Å²) in [4.78, 5) is 10.1. The topological polar surface area (TPSA) is 98.5 Å². The zero-order valence-corrected chi connectivity index (χ0v) is 13.2. The minimum Gasteiger partial charge on any atom is -0.448 e. The minimum atomic E-state index is -3.90. The molecule has 0 radical (unpaired) electrons. The van der Waals surface area contributed by atoms with Crippen molar-refractivity contribution in [2.75, 3.05) is 13.2 Å². The molecule has 0 fully saturated rings. The second kappa shape index (κ2) is 6.76. The first-order valence-electron chi connectivity index (χ1n) is 4.80. The molecule has 0 aliphatic carbocycles. The first-order chi connectivity index (χ1) is 8.74. The third-order valence-corrected chi connectivity index (χ3v) is 4.71. The van der Waals surface area contributed by atoms with Gasteiger partial charge in [0.25, 0.3) is 0 Å². The molecule has 0 spiro atoms. The highest BCUT2D eigenvalue weighted by molar-refractivity contribution is 9.10. The van der Waals surface area contributed by atoms with Crippen LogP contribution in [-0.2, 0) is 14.8 Å². The Labute approximate surface area is 128 Å². The molecule has 0 bridgehead atoms. The Morgan fingerprint density at radius 2 is 1.89 bits per heavy atom. The van der Waals surface area contributed by atoms with E-state index in [0.29, 0.717) is 4.47 Å². The fourth-order valence-corrected chi connectivity index (χ4v) is 4.13. The summed E-state index contributed by atoms with van der Waals surface area (Å²) >= 11 is 14.8. The van der Waals surface area contributed by atoms with Gasteiger partial charge in [0.05, 0.1) is 10.0 Å². The largest absolute Gasteiger partial charge is 0.448 e. The smallest absolute Gasteiger partial charge is 0.404 e. The lowest BCUT2D eigenvalue weighted by molar-refractivity contribution is 0.159. The number of benzene rings is 1. The number of nitrogens with one attached hydrogen (secondary N) is 1. The number of amides is 1. The van der Waals surface area contributed by atoms with Gasteiger partial charge in [0.2, 0.25) is 10.0 Å². The molecule has 3 N–H and O–H groups in total. The van der Waals surface area contributed by atoms with Gasteiger partial charge in [0.1, 0.15) is 11.5 Å². The molecule has 0 aliphatic heterocycles. The van der Waals surface area contributed by atoms with Crippen molar-refractivity contribution in [1.82, 2.24) is 4.72 Å². The first kappa shape index (κ1) is 16.5. The number of primary amides is 1. The third-order valence-electron chi connectivity index (χ3n) is 1.87. The Hall–Kier alpha value is -0.540. The van der Waals surface area contributed by atoms with Crippen molar-refractivity contribution >= 4 is 55.2 Å². The molecule has 19 heavy (non-hydrogen) atoms. The summed E-state index contributed by atoms with van der Waals surface area (Å²) in [6, 6.07) is 2.81. The van der Waals surface area contributed by atoms with Crippen molar-refractivity contribution < 1.29 is 17.9 Å². The van der Waals surface area contributed by atoms with E-state index in [4.69, 9.17) is 28.9 Å². The molecule has 1 aromatic rings. The number of nitrogens with two attached hydrogens (primary N) is 1. The van der Waals surface area contributed by atoms with Crippen molar-refractivity contribution in [3.05, 3.63) is 26.7 Å². The van der Waals surface area contributed by atoms with E-state index in [9.17, 15) is 13.2 Å². The van der Waals surface area contributed by atoms with E-state index in [1.165, 1.54) is 12.1 Å². The molecule has 1 rings (SSSR count). The highest BCUT2D eigenvalue weighted by atomic mass is 79.9. The Morgan fingerprint density at radius 3 is 2.37 bits per heavy atom. The number of carbonyl (C=O) groups excluding carboxylic acids is 1. The zero-order chi connectivity index (χ0) is 14.6. The van der Waals surface area contributed by atoms with E-state index in [-0.39, 0.29) is 28.1 Å². The van der Waals surface area contributed by atoms with Gasteiger partial charge >= 0.3 is 6.09 Å². The van der Waals surface area contributed by atoms with Crippen LogP contribution in [0.15, 0.2) is 21.5 Å². The lowest BCUT2D eigenvalue weighted by atomic mass is 10.4. The minimum absolute atomic E-state index is 0.0253. The molecule has 1 amide bonds. The van der Waals surface area contributed by atoms with Gasteiger partial charge in [-0.25, -0.2) is 17.9 Å². The van der Waals surface area contributed by atoms with E-state index in [0.717, 1.165) is 0 Å². The number of sulfonamides is 1. The number of ether oxygens (including phenoxy) is 1. The van der Waals surface area contributed by atoms with Gasteiger partial charge in [-0.1, -0.05) is 39.1 Å². The van der Waals surface area contributed by atoms with E-state index < -0.39 is 16.1 Å². The standard InChI is InChI=1S/C9H9BrCl2N2O4S/c10-5-3-6(11)8(7(12)4-5)19(16,17)14-1-2-18-9(13)15/h3-4,14H,1-2H2,(H2,13,15). The van der Waals surface area contributed by atoms with Crippen LogP contribution in [0.5, 0.6) is 0 Å². The average molecular weight is 392 g/mol. The maximum absolute atomic E-state index is 12.0. The zero-order valence-electron chi connectivity index (χ0n) is 9.32. The summed E-state index contributed by atoms with van der Waals surface area (Å²) in [6.45, 7) is -0.339. The van der Waals surface area contributed by atoms with Gasteiger partial charge in [-0.15, -0.1) is 0 Å². The van der Waals surface area contributed by atoms with Crippen molar-refractivity contribution in [2.45, 2.75) is 4.90 Å². The Kier molecular flexibility index (Phi) is 5.87. The number of hydrogen-bond donors (Lipinski definition) is 2. The molecule has 0 aromatic heterocycles. The van der Waals surface area contributed by atoms with Crippen LogP contribution in [0.2, 0.25) is 10.0 Å². The summed E-state index contributed by atoms with van der Waals surface area (Å²) < 4.78 is 31.1. The molecule has 0 aliphatic rings. The lowest BCUT2D eigenvalue weighted by Gasteiger charge is -2.10. The Balaban J connectivity index is 2.86. The van der Waals surface area contributed by atoms with E-state index in [2.05, 4.69) is 25.4 Å². The lowest BCUT2D eigenvalue weighted by Crippen LogP contribution is -2.29. The van der Waals surface area contributed by atoms with Gasteiger partial charge in [-0.3, -0.25) is 0 Å². The van der Waals surface area contributed by atoms with Gasteiger partial charge in [0.15, 0.2) is 0 Å². The molecule has 0 unspecified atom stereocenters. The van der Waals surface area contributed by atoms with Crippen molar-refractivity contribution in [2.24, 2.45) is 5.73 Å². The quantitative estimate of drug-likeness (QED) is 0.751. The highest BCUT2D eigenvalue weighted by Crippen LogP contribution is 2.32. The summed E-state index contributed by atoms with van der Waals surface area (Å²) in [5.74, 6) is 0.